The van der Waals surface area contributed by atoms with Crippen LogP contribution in [0.25, 0.3) is 0 Å². The Labute approximate surface area is 82.0 Å². The molecule has 0 rings (SSSR count). The molecule has 0 saturated carbocycles. The molecule has 2 N–H and O–H groups in total. The van der Waals surface area contributed by atoms with E-state index in [1.165, 1.54) is 0 Å². The van der Waals surface area contributed by atoms with Crippen LogP contribution in [0.2, 0.25) is 0 Å². The number of rotatable bonds is 0. The molecule has 4 nitrogen and oxygen atoms in total. The topological polar surface area (TPSA) is 94.7 Å². The first-order valence-corrected chi connectivity index (χ1v) is 2.52. The molecular weight excluding hydrogens is 249 g/mol. The van der Waals surface area contributed by atoms with Gasteiger partial charge >= 0.3 is 78.2 Å². The van der Waals surface area contributed by atoms with Gasteiger partial charge in [0.15, 0.2) is 0 Å². The predicted octanol–water partition coefficient (Wildman–Crippen LogP) is -3.70. The van der Waals surface area contributed by atoms with Gasteiger partial charge in [-0.1, -0.05) is 0 Å². The molecule has 0 spiro atoms. The Bertz CT molecular complexity index is 30.5. The first-order valence-electron chi connectivity index (χ1n) is 0.612. The van der Waals surface area contributed by atoms with Gasteiger partial charge in [-0.2, -0.15) is 0 Å². The van der Waals surface area contributed by atoms with Crippen LogP contribution in [-0.4, -0.2) is 54.4 Å². The van der Waals surface area contributed by atoms with E-state index in [1.807, 2.05) is 0 Å². The summed E-state index contributed by atoms with van der Waals surface area (Å²) in [6.07, 6.45) is 0. The van der Waals surface area contributed by atoms with E-state index in [9.17, 15) is 0 Å². The molecule has 32 valence electrons. The molecule has 0 aliphatic heterocycles. The molecule has 0 atom stereocenters. The Morgan fingerprint density at radius 1 is 1.33 bits per heavy atom. The zero-order valence-electron chi connectivity index (χ0n) is 2.93. The molecule has 6 heavy (non-hydrogen) atoms. The molecule has 0 aliphatic carbocycles. The molecule has 0 aromatic rings. The van der Waals surface area contributed by atoms with Gasteiger partial charge in [-0.3, -0.25) is 0 Å². The average molecular weight is 251 g/mol. The summed E-state index contributed by atoms with van der Waals surface area (Å²) >= 11 is -4.08. The fraction of sp³-hybridized carbons (Fsp3) is 0. The third-order valence-electron chi connectivity index (χ3n) is 0. The molecule has 0 heterocycles. The van der Waals surface area contributed by atoms with Crippen LogP contribution in [0.3, 0.4) is 0 Å². The Hall–Kier alpha value is 1.97. The molecule has 0 unspecified atom stereocenters. The molecule has 0 aromatic carbocycles. The van der Waals surface area contributed by atoms with Crippen LogP contribution in [0.1, 0.15) is 0 Å². The monoisotopic (exact) mass is 252 g/mol. The van der Waals surface area contributed by atoms with Crippen molar-refractivity contribution < 1.29 is 34.8 Å². The Morgan fingerprint density at radius 2 is 1.33 bits per heavy atom. The first kappa shape index (κ1) is 15.7. The van der Waals surface area contributed by atoms with Crippen LogP contribution in [-0.2, 0) is 21.9 Å². The molecule has 0 aliphatic rings. The van der Waals surface area contributed by atoms with Crippen LogP contribution in [0, 0.1) is 0 Å². The first-order chi connectivity index (χ1) is 1.73. The van der Waals surface area contributed by atoms with Crippen molar-refractivity contribution in [1.82, 2.24) is 0 Å². The van der Waals surface area contributed by atoms with Gasteiger partial charge in [0, 0.05) is 0 Å². The minimum absolute atomic E-state index is 0. The Kier molecular flexibility index (Phi) is 26.3. The SMILES string of the molecule is O.[Ba+2].[O]=[Ti]([O-])[O-]. The maximum atomic E-state index is 8.58. The van der Waals surface area contributed by atoms with E-state index in [1.54, 1.807) is 0 Å². The van der Waals surface area contributed by atoms with Crippen LogP contribution >= 0.6 is 0 Å². The van der Waals surface area contributed by atoms with E-state index in [4.69, 9.17) is 10.7 Å². The predicted molar refractivity (Wildman–Crippen MR) is 10.1 cm³/mol. The zero-order chi connectivity index (χ0) is 3.58. The normalized spacial score (nSPS) is 4.33. The van der Waals surface area contributed by atoms with Gasteiger partial charge in [-0.15, -0.1) is 0 Å². The van der Waals surface area contributed by atoms with Gasteiger partial charge in [0.1, 0.15) is 0 Å². The molecule has 0 saturated heterocycles. The van der Waals surface area contributed by atoms with Crippen molar-refractivity contribution in [2.45, 2.75) is 0 Å². The summed E-state index contributed by atoms with van der Waals surface area (Å²) in [5, 5.41) is 0. The van der Waals surface area contributed by atoms with Crippen molar-refractivity contribution >= 4 is 48.9 Å². The van der Waals surface area contributed by atoms with E-state index < -0.39 is 18.6 Å². The van der Waals surface area contributed by atoms with E-state index in [2.05, 4.69) is 0 Å². The summed E-state index contributed by atoms with van der Waals surface area (Å²) in [5.74, 6) is 0. The zero-order valence-corrected chi connectivity index (χ0v) is 8.93. The van der Waals surface area contributed by atoms with Crippen molar-refractivity contribution in [3.05, 3.63) is 0 Å². The van der Waals surface area contributed by atoms with Gasteiger partial charge in [-0.05, 0) is 0 Å². The molecule has 0 fully saturated rings. The second kappa shape index (κ2) is 10.1. The summed E-state index contributed by atoms with van der Waals surface area (Å²) in [4.78, 5) is 0. The van der Waals surface area contributed by atoms with Crippen LogP contribution < -0.4 is 7.38 Å². The number of hydrogen-bond acceptors (Lipinski definition) is 3. The molecule has 0 bridgehead atoms. The summed E-state index contributed by atoms with van der Waals surface area (Å²) < 4.78 is 25.8. The minimum atomic E-state index is -4.08. The van der Waals surface area contributed by atoms with Crippen molar-refractivity contribution in [3.63, 3.8) is 0 Å². The summed E-state index contributed by atoms with van der Waals surface area (Å²) in [7, 11) is 0. The quantitative estimate of drug-likeness (QED) is 0.414. The van der Waals surface area contributed by atoms with Gasteiger partial charge in [-0.25, -0.2) is 0 Å². The van der Waals surface area contributed by atoms with Crippen LogP contribution in [0.4, 0.5) is 0 Å². The van der Waals surface area contributed by atoms with Gasteiger partial charge in [0.05, 0.1) is 0 Å². The van der Waals surface area contributed by atoms with E-state index >= 15 is 0 Å². The number of hydrogen-bond donors (Lipinski definition) is 0. The summed E-state index contributed by atoms with van der Waals surface area (Å²) in [5.41, 5.74) is 0. The van der Waals surface area contributed by atoms with E-state index in [0.717, 1.165) is 0 Å². The van der Waals surface area contributed by atoms with Gasteiger partial charge in [0.25, 0.3) is 0 Å². The van der Waals surface area contributed by atoms with Crippen LogP contribution in [0.5, 0.6) is 0 Å². The average Bonchev–Trinajstić information content (AvgIpc) is 0.811. The molecule has 0 aromatic heterocycles. The van der Waals surface area contributed by atoms with Gasteiger partial charge in [0.2, 0.25) is 0 Å². The van der Waals surface area contributed by atoms with Crippen molar-refractivity contribution in [1.29, 1.82) is 0 Å². The van der Waals surface area contributed by atoms with Crippen molar-refractivity contribution in [2.24, 2.45) is 0 Å². The maximum absolute atomic E-state index is 8.58. The molecule has 6 heteroatoms. The van der Waals surface area contributed by atoms with Gasteiger partial charge < -0.3 is 5.48 Å². The summed E-state index contributed by atoms with van der Waals surface area (Å²) in [6.45, 7) is 0. The Balaban J connectivity index is -0.0000000450. The summed E-state index contributed by atoms with van der Waals surface area (Å²) in [6, 6.07) is 0. The van der Waals surface area contributed by atoms with E-state index in [-0.39, 0.29) is 54.4 Å². The molecule has 0 amide bonds. The molecule has 0 radical (unpaired) electrons. The fourth-order valence-electron chi connectivity index (χ4n) is 0. The van der Waals surface area contributed by atoms with Crippen molar-refractivity contribution in [3.8, 4) is 0 Å². The third kappa shape index (κ3) is 38.1. The fourth-order valence-corrected chi connectivity index (χ4v) is 0. The standard InChI is InChI=1S/Ba.H2O.3O.Ti/h;1H2;;;;/q+2;;;2*-1;. The third-order valence-corrected chi connectivity index (χ3v) is 0. The second-order valence-electron chi connectivity index (χ2n) is 0.250. The van der Waals surface area contributed by atoms with Crippen LogP contribution in [0.15, 0.2) is 0 Å². The van der Waals surface area contributed by atoms with E-state index in [0.29, 0.717) is 0 Å². The van der Waals surface area contributed by atoms with Crippen molar-refractivity contribution in [2.75, 3.05) is 0 Å². The molecular formula is H2BaO4Ti. The second-order valence-corrected chi connectivity index (χ2v) is 1.03. The Morgan fingerprint density at radius 3 is 1.33 bits per heavy atom.